The van der Waals surface area contributed by atoms with Gasteiger partial charge in [-0.2, -0.15) is 0 Å². The second-order valence-corrected chi connectivity index (χ2v) is 7.44. The first kappa shape index (κ1) is 22.0. The van der Waals surface area contributed by atoms with E-state index in [0.29, 0.717) is 28.7 Å². The molecule has 11 nitrogen and oxygen atoms in total. The van der Waals surface area contributed by atoms with Gasteiger partial charge in [0.2, 0.25) is 10.9 Å². The highest BCUT2D eigenvalue weighted by atomic mass is 32.1. The summed E-state index contributed by atoms with van der Waals surface area (Å²) in [5, 5.41) is 33.1. The van der Waals surface area contributed by atoms with Gasteiger partial charge in [-0.3, -0.25) is 5.32 Å². The topological polar surface area (TPSA) is 144 Å². The molecule has 0 aliphatic carbocycles. The maximum Gasteiger partial charge on any atom is 0.321 e. The number of nitrogens with zero attached hydrogens (tertiary/aromatic N) is 2. The Morgan fingerprint density at radius 3 is 2.50 bits per heavy atom. The molecular formula is C18H24N4O7S. The van der Waals surface area contributed by atoms with Crippen LogP contribution in [0.15, 0.2) is 12.1 Å². The fourth-order valence-corrected chi connectivity index (χ4v) is 3.82. The lowest BCUT2D eigenvalue weighted by Gasteiger charge is -2.14. The van der Waals surface area contributed by atoms with Crippen molar-refractivity contribution in [3.63, 3.8) is 0 Å². The van der Waals surface area contributed by atoms with Crippen molar-refractivity contribution in [3.05, 3.63) is 22.7 Å². The number of ether oxygens (including phenoxy) is 4. The van der Waals surface area contributed by atoms with Crippen LogP contribution >= 0.6 is 11.3 Å². The molecule has 1 aromatic heterocycles. The summed E-state index contributed by atoms with van der Waals surface area (Å²) >= 11 is 1.14. The van der Waals surface area contributed by atoms with Gasteiger partial charge in [-0.25, -0.2) is 4.79 Å². The molecule has 164 valence electrons. The number of anilines is 1. The molecule has 2 heterocycles. The Balaban J connectivity index is 1.57. The smallest absolute Gasteiger partial charge is 0.321 e. The molecule has 0 bridgehead atoms. The van der Waals surface area contributed by atoms with Crippen molar-refractivity contribution in [2.75, 3.05) is 33.3 Å². The normalized spacial score (nSPS) is 20.6. The van der Waals surface area contributed by atoms with E-state index in [4.69, 9.17) is 24.1 Å². The summed E-state index contributed by atoms with van der Waals surface area (Å²) in [5.74, 6) is 1.45. The van der Waals surface area contributed by atoms with E-state index in [1.165, 1.54) is 21.3 Å². The Labute approximate surface area is 176 Å². The lowest BCUT2D eigenvalue weighted by Crippen LogP contribution is -2.28. The molecule has 0 spiro atoms. The second-order valence-electron chi connectivity index (χ2n) is 6.44. The minimum Gasteiger partial charge on any atom is -0.493 e. The largest absolute Gasteiger partial charge is 0.493 e. The lowest BCUT2D eigenvalue weighted by molar-refractivity contribution is -0.0227. The zero-order valence-electron chi connectivity index (χ0n) is 16.7. The summed E-state index contributed by atoms with van der Waals surface area (Å²) in [7, 11) is 4.55. The summed E-state index contributed by atoms with van der Waals surface area (Å²) in [4.78, 5) is 12.2. The second kappa shape index (κ2) is 9.89. The van der Waals surface area contributed by atoms with E-state index >= 15 is 0 Å². The maximum atomic E-state index is 12.2. The molecule has 1 fully saturated rings. The van der Waals surface area contributed by atoms with Crippen molar-refractivity contribution in [3.8, 4) is 17.2 Å². The average molecular weight is 440 g/mol. The van der Waals surface area contributed by atoms with Crippen molar-refractivity contribution in [2.24, 2.45) is 0 Å². The molecule has 0 unspecified atom stereocenters. The Hall–Kier alpha value is -2.67. The number of aliphatic hydroxyl groups is 2. The summed E-state index contributed by atoms with van der Waals surface area (Å²) in [6.45, 7) is -0.0603. The highest BCUT2D eigenvalue weighted by Crippen LogP contribution is 2.38. The van der Waals surface area contributed by atoms with E-state index in [-0.39, 0.29) is 18.3 Å². The molecular weight excluding hydrogens is 416 g/mol. The number of rotatable bonds is 8. The summed E-state index contributed by atoms with van der Waals surface area (Å²) in [6, 6.07) is 3.02. The van der Waals surface area contributed by atoms with Gasteiger partial charge in [0, 0.05) is 13.0 Å². The van der Waals surface area contributed by atoms with Crippen LogP contribution in [0.2, 0.25) is 0 Å². The van der Waals surface area contributed by atoms with E-state index in [1.54, 1.807) is 12.1 Å². The van der Waals surface area contributed by atoms with E-state index in [2.05, 4.69) is 20.8 Å². The minimum atomic E-state index is -0.762. The van der Waals surface area contributed by atoms with Crippen LogP contribution in [0.3, 0.4) is 0 Å². The van der Waals surface area contributed by atoms with Gasteiger partial charge in [0.15, 0.2) is 11.5 Å². The van der Waals surface area contributed by atoms with Crippen LogP contribution in [-0.2, 0) is 11.3 Å². The number of benzene rings is 1. The Kier molecular flexibility index (Phi) is 7.26. The first-order valence-corrected chi connectivity index (χ1v) is 9.92. The van der Waals surface area contributed by atoms with Crippen molar-refractivity contribution in [1.82, 2.24) is 15.5 Å². The first-order chi connectivity index (χ1) is 14.5. The Morgan fingerprint density at radius 1 is 1.23 bits per heavy atom. The highest BCUT2D eigenvalue weighted by Gasteiger charge is 2.36. The quantitative estimate of drug-likeness (QED) is 0.474. The molecule has 2 aromatic rings. The number of hydrogen-bond donors (Lipinski definition) is 4. The van der Waals surface area contributed by atoms with E-state index in [1.807, 2.05) is 0 Å². The number of nitrogens with one attached hydrogen (secondary N) is 2. The number of carbonyl (C=O) groups excluding carboxylic acids is 1. The van der Waals surface area contributed by atoms with E-state index in [9.17, 15) is 9.90 Å². The van der Waals surface area contributed by atoms with Crippen LogP contribution in [0.5, 0.6) is 17.2 Å². The molecule has 30 heavy (non-hydrogen) atoms. The predicted molar refractivity (Wildman–Crippen MR) is 107 cm³/mol. The van der Waals surface area contributed by atoms with Crippen LogP contribution in [0.4, 0.5) is 9.93 Å². The molecule has 1 aliphatic rings. The van der Waals surface area contributed by atoms with Crippen LogP contribution in [0.1, 0.15) is 23.1 Å². The fraction of sp³-hybridized carbons (Fsp3) is 0.500. The van der Waals surface area contributed by atoms with E-state index in [0.717, 1.165) is 16.9 Å². The Morgan fingerprint density at radius 2 is 1.93 bits per heavy atom. The number of aliphatic hydroxyl groups excluding tert-OH is 2. The van der Waals surface area contributed by atoms with E-state index < -0.39 is 24.3 Å². The third kappa shape index (κ3) is 4.90. The number of aromatic nitrogens is 2. The molecule has 3 atom stereocenters. The standard InChI is InChI=1S/C18H24N4O7S/c1-26-11-4-9(5-12(27-2)15(11)28-3)7-19-17(25)20-18-22-21-16(30-18)13-6-10(24)14(8-23)29-13/h4-5,10,13-14,23-24H,6-8H2,1-3H3,(H2,19,20,22,25)/t10-,13+,14+/m0/s1. The van der Waals surface area contributed by atoms with Gasteiger partial charge in [-0.15, -0.1) is 10.2 Å². The molecule has 1 aliphatic heterocycles. The molecule has 1 saturated heterocycles. The monoisotopic (exact) mass is 440 g/mol. The fourth-order valence-electron chi connectivity index (χ4n) is 3.03. The van der Waals surface area contributed by atoms with Crippen molar-refractivity contribution in [2.45, 2.75) is 31.3 Å². The maximum absolute atomic E-state index is 12.2. The molecule has 0 saturated carbocycles. The van der Waals surface area contributed by atoms with Gasteiger partial charge in [0.25, 0.3) is 0 Å². The molecule has 4 N–H and O–H groups in total. The summed E-state index contributed by atoms with van der Waals surface area (Å²) < 4.78 is 21.4. The van der Waals surface area contributed by atoms with Crippen molar-refractivity contribution < 1.29 is 34.0 Å². The molecule has 2 amide bonds. The zero-order valence-corrected chi connectivity index (χ0v) is 17.6. The molecule has 1 aromatic carbocycles. The number of carbonyl (C=O) groups is 1. The summed E-state index contributed by atoms with van der Waals surface area (Å²) in [5.41, 5.74) is 0.751. The third-order valence-electron chi connectivity index (χ3n) is 4.52. The van der Waals surface area contributed by atoms with Crippen LogP contribution in [-0.4, -0.2) is 66.6 Å². The number of amides is 2. The average Bonchev–Trinajstić information content (AvgIpc) is 3.37. The van der Waals surface area contributed by atoms with Gasteiger partial charge < -0.3 is 34.5 Å². The van der Waals surface area contributed by atoms with Crippen molar-refractivity contribution >= 4 is 22.5 Å². The zero-order chi connectivity index (χ0) is 21.7. The lowest BCUT2D eigenvalue weighted by atomic mass is 10.1. The number of urea groups is 1. The molecule has 0 radical (unpaired) electrons. The first-order valence-electron chi connectivity index (χ1n) is 9.10. The van der Waals surface area contributed by atoms with Crippen LogP contribution in [0.25, 0.3) is 0 Å². The molecule has 12 heteroatoms. The minimum absolute atomic E-state index is 0.213. The van der Waals surface area contributed by atoms with Gasteiger partial charge in [0.1, 0.15) is 17.2 Å². The third-order valence-corrected chi connectivity index (χ3v) is 5.45. The predicted octanol–water partition coefficient (Wildman–Crippen LogP) is 1.07. The number of methoxy groups -OCH3 is 3. The van der Waals surface area contributed by atoms with Gasteiger partial charge >= 0.3 is 6.03 Å². The SMILES string of the molecule is COc1cc(CNC(=O)Nc2nnc([C@H]3C[C@H](O)[C@@H](CO)O3)s2)cc(OC)c1OC. The Bertz CT molecular complexity index is 853. The van der Waals surface area contributed by atoms with Crippen LogP contribution in [0, 0.1) is 0 Å². The van der Waals surface area contributed by atoms with Crippen LogP contribution < -0.4 is 24.8 Å². The number of hydrogen-bond acceptors (Lipinski definition) is 10. The summed E-state index contributed by atoms with van der Waals surface area (Å²) in [6.07, 6.45) is -1.56. The van der Waals surface area contributed by atoms with Gasteiger partial charge in [-0.05, 0) is 17.7 Å². The van der Waals surface area contributed by atoms with Gasteiger partial charge in [-0.1, -0.05) is 11.3 Å². The van der Waals surface area contributed by atoms with Gasteiger partial charge in [0.05, 0.1) is 34.0 Å². The molecule has 3 rings (SSSR count). The highest BCUT2D eigenvalue weighted by molar-refractivity contribution is 7.15. The van der Waals surface area contributed by atoms with Crippen molar-refractivity contribution in [1.29, 1.82) is 0 Å².